The molecule has 0 spiro atoms. The van der Waals surface area contributed by atoms with Gasteiger partial charge in [0.1, 0.15) is 11.9 Å². The Bertz CT molecular complexity index is 828. The average Bonchev–Trinajstić information content (AvgIpc) is 3.08. The van der Waals surface area contributed by atoms with Gasteiger partial charge in [-0.05, 0) is 43.2 Å². The van der Waals surface area contributed by atoms with Crippen LogP contribution in [0, 0.1) is 5.82 Å². The standard InChI is InChI=1S/C18H15Cl2FN2O2/c19-11-7-8-13(20)12(10-11)18(25)23-9-3-6-16(23)17(24)22-15-5-2-1-4-14(15)21/h1-2,4-5,7-8,10,16H,3,6,9H2,(H,22,24). The fourth-order valence-electron chi connectivity index (χ4n) is 2.88. The maximum Gasteiger partial charge on any atom is 0.256 e. The van der Waals surface area contributed by atoms with Crippen LogP contribution in [0.25, 0.3) is 0 Å². The summed E-state index contributed by atoms with van der Waals surface area (Å²) in [6.45, 7) is 0.428. The van der Waals surface area contributed by atoms with E-state index in [2.05, 4.69) is 5.32 Å². The molecule has 1 N–H and O–H groups in total. The topological polar surface area (TPSA) is 49.4 Å². The van der Waals surface area contributed by atoms with Gasteiger partial charge < -0.3 is 10.2 Å². The summed E-state index contributed by atoms with van der Waals surface area (Å²) in [4.78, 5) is 26.8. The van der Waals surface area contributed by atoms with Crippen LogP contribution in [0.3, 0.4) is 0 Å². The summed E-state index contributed by atoms with van der Waals surface area (Å²) in [5, 5.41) is 3.21. The summed E-state index contributed by atoms with van der Waals surface area (Å²) in [6.07, 6.45) is 1.18. The molecular formula is C18H15Cl2FN2O2. The number of anilines is 1. The monoisotopic (exact) mass is 380 g/mol. The first kappa shape index (κ1) is 17.7. The van der Waals surface area contributed by atoms with Crippen LogP contribution in [-0.4, -0.2) is 29.3 Å². The molecule has 2 aromatic carbocycles. The fraction of sp³-hybridized carbons (Fsp3) is 0.222. The van der Waals surface area contributed by atoms with Crippen LogP contribution >= 0.6 is 23.2 Å². The number of hydrogen-bond acceptors (Lipinski definition) is 2. The molecule has 0 aromatic heterocycles. The van der Waals surface area contributed by atoms with Crippen LogP contribution in [0.2, 0.25) is 10.0 Å². The van der Waals surface area contributed by atoms with Crippen molar-refractivity contribution in [2.45, 2.75) is 18.9 Å². The van der Waals surface area contributed by atoms with Gasteiger partial charge in [-0.15, -0.1) is 0 Å². The van der Waals surface area contributed by atoms with Gasteiger partial charge in [-0.3, -0.25) is 9.59 Å². The first-order valence-electron chi connectivity index (χ1n) is 7.79. The van der Waals surface area contributed by atoms with Crippen molar-refractivity contribution in [2.24, 2.45) is 0 Å². The summed E-state index contributed by atoms with van der Waals surface area (Å²) in [5.41, 5.74) is 0.340. The quantitative estimate of drug-likeness (QED) is 0.858. The van der Waals surface area contributed by atoms with Gasteiger partial charge in [-0.1, -0.05) is 35.3 Å². The Hall–Kier alpha value is -2.11. The third-order valence-corrected chi connectivity index (χ3v) is 4.67. The molecule has 3 rings (SSSR count). The largest absolute Gasteiger partial charge is 0.327 e. The second kappa shape index (κ2) is 7.42. The van der Waals surface area contributed by atoms with Gasteiger partial charge >= 0.3 is 0 Å². The van der Waals surface area contributed by atoms with E-state index in [9.17, 15) is 14.0 Å². The number of halogens is 3. The molecule has 0 saturated carbocycles. The average molecular weight is 381 g/mol. The minimum absolute atomic E-state index is 0.0904. The summed E-state index contributed by atoms with van der Waals surface area (Å²) in [5.74, 6) is -1.31. The van der Waals surface area contributed by atoms with E-state index >= 15 is 0 Å². The number of carbonyl (C=O) groups excluding carboxylic acids is 2. The Morgan fingerprint density at radius 1 is 1.16 bits per heavy atom. The highest BCUT2D eigenvalue weighted by atomic mass is 35.5. The van der Waals surface area contributed by atoms with Crippen LogP contribution in [0.1, 0.15) is 23.2 Å². The van der Waals surface area contributed by atoms with E-state index in [1.807, 2.05) is 0 Å². The normalized spacial score (nSPS) is 16.8. The zero-order valence-corrected chi connectivity index (χ0v) is 14.6. The molecule has 1 aliphatic rings. The van der Waals surface area contributed by atoms with Crippen LogP contribution in [0.5, 0.6) is 0 Å². The second-order valence-electron chi connectivity index (χ2n) is 5.75. The summed E-state index contributed by atoms with van der Waals surface area (Å²) in [6, 6.07) is 9.84. The number of rotatable bonds is 3. The van der Waals surface area contributed by atoms with Crippen LogP contribution in [-0.2, 0) is 4.79 Å². The molecular weight excluding hydrogens is 366 g/mol. The molecule has 0 bridgehead atoms. The third-order valence-electron chi connectivity index (χ3n) is 4.11. The Morgan fingerprint density at radius 2 is 1.92 bits per heavy atom. The first-order valence-corrected chi connectivity index (χ1v) is 8.54. The van der Waals surface area contributed by atoms with Gasteiger partial charge in [0.05, 0.1) is 16.3 Å². The number of amides is 2. The summed E-state index contributed by atoms with van der Waals surface area (Å²) < 4.78 is 13.7. The Kier molecular flexibility index (Phi) is 5.25. The van der Waals surface area contributed by atoms with Gasteiger partial charge in [-0.25, -0.2) is 4.39 Å². The molecule has 1 aliphatic heterocycles. The lowest BCUT2D eigenvalue weighted by atomic mass is 10.1. The zero-order valence-electron chi connectivity index (χ0n) is 13.1. The van der Waals surface area contributed by atoms with Crippen molar-refractivity contribution in [1.82, 2.24) is 4.90 Å². The van der Waals surface area contributed by atoms with Crippen molar-refractivity contribution in [3.63, 3.8) is 0 Å². The Labute approximate surface area is 154 Å². The van der Waals surface area contributed by atoms with Crippen molar-refractivity contribution in [3.8, 4) is 0 Å². The van der Waals surface area contributed by atoms with Crippen LogP contribution in [0.15, 0.2) is 42.5 Å². The van der Waals surface area contributed by atoms with Gasteiger partial charge in [0.25, 0.3) is 5.91 Å². The van der Waals surface area contributed by atoms with Gasteiger partial charge in [0, 0.05) is 11.6 Å². The predicted octanol–water partition coefficient (Wildman–Crippen LogP) is 4.38. The second-order valence-corrected chi connectivity index (χ2v) is 6.59. The van der Waals surface area contributed by atoms with Crippen molar-refractivity contribution < 1.29 is 14.0 Å². The number of nitrogens with zero attached hydrogens (tertiary/aromatic N) is 1. The van der Waals surface area contributed by atoms with Crippen molar-refractivity contribution in [2.75, 3.05) is 11.9 Å². The lowest BCUT2D eigenvalue weighted by Crippen LogP contribution is -2.43. The van der Waals surface area contributed by atoms with E-state index in [0.29, 0.717) is 24.4 Å². The summed E-state index contributed by atoms with van der Waals surface area (Å²) in [7, 11) is 0. The van der Waals surface area contributed by atoms with E-state index in [0.717, 1.165) is 0 Å². The lowest BCUT2D eigenvalue weighted by molar-refractivity contribution is -0.119. The van der Waals surface area contributed by atoms with E-state index in [1.165, 1.54) is 29.2 Å². The molecule has 130 valence electrons. The highest BCUT2D eigenvalue weighted by Gasteiger charge is 2.35. The zero-order chi connectivity index (χ0) is 18.0. The molecule has 25 heavy (non-hydrogen) atoms. The van der Waals surface area contributed by atoms with E-state index < -0.39 is 17.8 Å². The van der Waals surface area contributed by atoms with Crippen molar-refractivity contribution >= 4 is 40.7 Å². The molecule has 1 heterocycles. The molecule has 1 fully saturated rings. The van der Waals surface area contributed by atoms with Gasteiger partial charge in [-0.2, -0.15) is 0 Å². The number of carbonyl (C=O) groups is 2. The predicted molar refractivity (Wildman–Crippen MR) is 95.6 cm³/mol. The third kappa shape index (κ3) is 3.78. The number of para-hydroxylation sites is 1. The Morgan fingerprint density at radius 3 is 2.68 bits per heavy atom. The maximum absolute atomic E-state index is 13.7. The minimum atomic E-state index is -0.679. The van der Waals surface area contributed by atoms with Crippen LogP contribution < -0.4 is 5.32 Å². The SMILES string of the molecule is O=C(Nc1ccccc1F)C1CCCN1C(=O)c1cc(Cl)ccc1Cl. The van der Waals surface area contributed by atoms with E-state index in [4.69, 9.17) is 23.2 Å². The minimum Gasteiger partial charge on any atom is -0.327 e. The molecule has 0 radical (unpaired) electrons. The van der Waals surface area contributed by atoms with E-state index in [1.54, 1.807) is 18.2 Å². The van der Waals surface area contributed by atoms with Crippen LogP contribution in [0.4, 0.5) is 10.1 Å². The van der Waals surface area contributed by atoms with Gasteiger partial charge in [0.2, 0.25) is 5.91 Å². The van der Waals surface area contributed by atoms with E-state index in [-0.39, 0.29) is 22.2 Å². The molecule has 2 amide bonds. The molecule has 1 atom stereocenters. The molecule has 0 aliphatic carbocycles. The number of hydrogen-bond donors (Lipinski definition) is 1. The molecule has 2 aromatic rings. The number of likely N-dealkylation sites (tertiary alicyclic amines) is 1. The van der Waals surface area contributed by atoms with Gasteiger partial charge in [0.15, 0.2) is 0 Å². The maximum atomic E-state index is 13.7. The van der Waals surface area contributed by atoms with Crippen molar-refractivity contribution in [3.05, 3.63) is 63.9 Å². The molecule has 4 nitrogen and oxygen atoms in total. The Balaban J connectivity index is 1.80. The smallest absolute Gasteiger partial charge is 0.256 e. The molecule has 1 unspecified atom stereocenters. The van der Waals surface area contributed by atoms with Crippen molar-refractivity contribution in [1.29, 1.82) is 0 Å². The first-order chi connectivity index (χ1) is 12.0. The summed E-state index contributed by atoms with van der Waals surface area (Å²) >= 11 is 12.0. The highest BCUT2D eigenvalue weighted by Crippen LogP contribution is 2.27. The lowest BCUT2D eigenvalue weighted by Gasteiger charge is -2.24. The molecule has 7 heteroatoms. The highest BCUT2D eigenvalue weighted by molar-refractivity contribution is 6.35. The number of benzene rings is 2. The fourth-order valence-corrected chi connectivity index (χ4v) is 3.25. The number of nitrogens with one attached hydrogen (secondary N) is 1. The molecule has 1 saturated heterocycles.